The number of hydrogen-bond donors (Lipinski definition) is 0. The number of carbonyl (C=O) groups excluding carboxylic acids is 1. The van der Waals surface area contributed by atoms with Crippen molar-refractivity contribution in [2.45, 2.75) is 85.0 Å². The highest BCUT2D eigenvalue weighted by Gasteiger charge is 2.27. The monoisotopic (exact) mass is 315 g/mol. The van der Waals surface area contributed by atoms with Crippen molar-refractivity contribution in [2.75, 3.05) is 0 Å². The zero-order valence-corrected chi connectivity index (χ0v) is 15.0. The van der Waals surface area contributed by atoms with Crippen molar-refractivity contribution in [3.05, 3.63) is 29.3 Å². The number of esters is 1. The third-order valence-electron chi connectivity index (χ3n) is 4.82. The maximum absolute atomic E-state index is 12.1. The fourth-order valence-electron chi connectivity index (χ4n) is 3.34. The molecule has 1 radical (unpaired) electrons. The van der Waals surface area contributed by atoms with Gasteiger partial charge in [0.25, 0.3) is 0 Å². The number of rotatable bonds is 8. The Kier molecular flexibility index (Phi) is 6.68. The molecule has 0 unspecified atom stereocenters. The quantitative estimate of drug-likeness (QED) is 0.351. The summed E-state index contributed by atoms with van der Waals surface area (Å²) in [5.41, 5.74) is 2.75. The summed E-state index contributed by atoms with van der Waals surface area (Å²) < 4.78 is 5.65. The first-order chi connectivity index (χ1) is 11.0. The molecular weight excluding hydrogens is 284 g/mol. The molecule has 2 heteroatoms. The van der Waals surface area contributed by atoms with Crippen LogP contribution in [0.1, 0.15) is 83.3 Å². The molecule has 1 aromatic carbocycles. The Balaban J connectivity index is 1.83. The minimum Gasteiger partial charge on any atom is -0.426 e. The van der Waals surface area contributed by atoms with E-state index in [1.165, 1.54) is 36.8 Å². The van der Waals surface area contributed by atoms with Crippen molar-refractivity contribution >= 4 is 5.97 Å². The average molecular weight is 315 g/mol. The van der Waals surface area contributed by atoms with Gasteiger partial charge in [0.2, 0.25) is 0 Å². The molecule has 0 aliphatic heterocycles. The average Bonchev–Trinajstić information content (AvgIpc) is 2.49. The SMILES string of the molecule is CCCCCCCCC(=O)Oc1cc[c]c2c1CCC(C)(C)C2. The van der Waals surface area contributed by atoms with Crippen molar-refractivity contribution in [2.24, 2.45) is 5.41 Å². The van der Waals surface area contributed by atoms with Crippen molar-refractivity contribution in [3.8, 4) is 5.75 Å². The molecule has 0 atom stereocenters. The lowest BCUT2D eigenvalue weighted by Crippen LogP contribution is -2.23. The van der Waals surface area contributed by atoms with Crippen molar-refractivity contribution in [1.82, 2.24) is 0 Å². The second-order valence-electron chi connectivity index (χ2n) is 7.63. The van der Waals surface area contributed by atoms with Gasteiger partial charge in [-0.3, -0.25) is 4.79 Å². The summed E-state index contributed by atoms with van der Waals surface area (Å²) in [5.74, 6) is 0.684. The van der Waals surface area contributed by atoms with Crippen molar-refractivity contribution < 1.29 is 9.53 Å². The van der Waals surface area contributed by atoms with Gasteiger partial charge in [-0.25, -0.2) is 0 Å². The molecule has 1 aliphatic rings. The van der Waals surface area contributed by atoms with Crippen LogP contribution < -0.4 is 4.74 Å². The predicted molar refractivity (Wildman–Crippen MR) is 94.7 cm³/mol. The van der Waals surface area contributed by atoms with Gasteiger partial charge in [-0.05, 0) is 54.4 Å². The number of carbonyl (C=O) groups is 1. The molecule has 0 saturated heterocycles. The molecule has 0 bridgehead atoms. The number of fused-ring (bicyclic) bond motifs is 1. The van der Waals surface area contributed by atoms with E-state index in [2.05, 4.69) is 26.8 Å². The molecule has 2 rings (SSSR count). The Morgan fingerprint density at radius 2 is 1.96 bits per heavy atom. The fraction of sp³-hybridized carbons (Fsp3) is 0.667. The molecule has 1 aliphatic carbocycles. The maximum atomic E-state index is 12.1. The first kappa shape index (κ1) is 18.0. The van der Waals surface area contributed by atoms with E-state index in [0.717, 1.165) is 37.9 Å². The first-order valence-corrected chi connectivity index (χ1v) is 9.25. The molecule has 23 heavy (non-hydrogen) atoms. The van der Waals surface area contributed by atoms with Gasteiger partial charge in [0.15, 0.2) is 0 Å². The first-order valence-electron chi connectivity index (χ1n) is 9.25. The summed E-state index contributed by atoms with van der Waals surface area (Å²) >= 11 is 0. The molecule has 1 aromatic rings. The second-order valence-corrected chi connectivity index (χ2v) is 7.63. The Morgan fingerprint density at radius 1 is 1.22 bits per heavy atom. The van der Waals surface area contributed by atoms with Gasteiger partial charge in [-0.15, -0.1) is 0 Å². The van der Waals surface area contributed by atoms with Crippen LogP contribution in [0.5, 0.6) is 5.75 Å². The minimum atomic E-state index is -0.0845. The van der Waals surface area contributed by atoms with Crippen LogP contribution in [0.3, 0.4) is 0 Å². The van der Waals surface area contributed by atoms with Gasteiger partial charge in [0.1, 0.15) is 5.75 Å². The molecule has 0 saturated carbocycles. The van der Waals surface area contributed by atoms with Crippen LogP contribution in [0.15, 0.2) is 12.1 Å². The summed E-state index contributed by atoms with van der Waals surface area (Å²) in [6, 6.07) is 7.13. The zero-order valence-electron chi connectivity index (χ0n) is 15.0. The smallest absolute Gasteiger partial charge is 0.311 e. The summed E-state index contributed by atoms with van der Waals surface area (Å²) in [6.45, 7) is 6.80. The van der Waals surface area contributed by atoms with Crippen molar-refractivity contribution in [3.63, 3.8) is 0 Å². The fourth-order valence-corrected chi connectivity index (χ4v) is 3.34. The lowest BCUT2D eigenvalue weighted by molar-refractivity contribution is -0.134. The maximum Gasteiger partial charge on any atom is 0.311 e. The summed E-state index contributed by atoms with van der Waals surface area (Å²) in [5, 5.41) is 0. The van der Waals surface area contributed by atoms with Gasteiger partial charge in [-0.1, -0.05) is 58.9 Å². The van der Waals surface area contributed by atoms with Gasteiger partial charge in [-0.2, -0.15) is 0 Å². The van der Waals surface area contributed by atoms with E-state index in [9.17, 15) is 4.79 Å². The third kappa shape index (κ3) is 5.67. The highest BCUT2D eigenvalue weighted by molar-refractivity contribution is 5.73. The zero-order chi connectivity index (χ0) is 16.7. The van der Waals surface area contributed by atoms with E-state index in [0.29, 0.717) is 11.8 Å². The van der Waals surface area contributed by atoms with Crippen LogP contribution in [-0.2, 0) is 17.6 Å². The van der Waals surface area contributed by atoms with Crippen LogP contribution in [0.25, 0.3) is 0 Å². The van der Waals surface area contributed by atoms with E-state index >= 15 is 0 Å². The Hall–Kier alpha value is -1.31. The molecule has 0 amide bonds. The largest absolute Gasteiger partial charge is 0.426 e. The van der Waals surface area contributed by atoms with E-state index in [4.69, 9.17) is 4.74 Å². The van der Waals surface area contributed by atoms with E-state index < -0.39 is 0 Å². The molecule has 0 aromatic heterocycles. The summed E-state index contributed by atoms with van der Waals surface area (Å²) in [4.78, 5) is 12.1. The van der Waals surface area contributed by atoms with Gasteiger partial charge >= 0.3 is 5.97 Å². The summed E-state index contributed by atoms with van der Waals surface area (Å²) in [7, 11) is 0. The Labute approximate surface area is 141 Å². The van der Waals surface area contributed by atoms with Crippen LogP contribution >= 0.6 is 0 Å². The highest BCUT2D eigenvalue weighted by atomic mass is 16.5. The molecule has 0 spiro atoms. The predicted octanol–water partition coefficient (Wildman–Crippen LogP) is 5.66. The van der Waals surface area contributed by atoms with Gasteiger partial charge in [0.05, 0.1) is 0 Å². The molecule has 2 nitrogen and oxygen atoms in total. The van der Waals surface area contributed by atoms with E-state index in [1.807, 2.05) is 12.1 Å². The van der Waals surface area contributed by atoms with Gasteiger partial charge in [0, 0.05) is 6.42 Å². The highest BCUT2D eigenvalue weighted by Crippen LogP contribution is 2.38. The second kappa shape index (κ2) is 8.52. The number of benzene rings is 1. The normalized spacial score (nSPS) is 16.0. The number of unbranched alkanes of at least 4 members (excludes halogenated alkanes) is 5. The molecule has 0 heterocycles. The van der Waals surface area contributed by atoms with E-state index in [1.54, 1.807) is 0 Å². The third-order valence-corrected chi connectivity index (χ3v) is 4.82. The Bertz CT molecular complexity index is 517. The number of hydrogen-bond acceptors (Lipinski definition) is 2. The topological polar surface area (TPSA) is 26.3 Å². The molecule has 127 valence electrons. The van der Waals surface area contributed by atoms with E-state index in [-0.39, 0.29) is 5.97 Å². The van der Waals surface area contributed by atoms with Gasteiger partial charge < -0.3 is 4.74 Å². The molecule has 0 N–H and O–H groups in total. The number of ether oxygens (including phenoxy) is 1. The molecular formula is C21H31O2. The lowest BCUT2D eigenvalue weighted by atomic mass is 9.74. The van der Waals surface area contributed by atoms with Crippen LogP contribution in [-0.4, -0.2) is 5.97 Å². The van der Waals surface area contributed by atoms with Crippen LogP contribution in [0.4, 0.5) is 0 Å². The lowest BCUT2D eigenvalue weighted by Gasteiger charge is -2.31. The minimum absolute atomic E-state index is 0.0845. The Morgan fingerprint density at radius 3 is 2.74 bits per heavy atom. The van der Waals surface area contributed by atoms with Crippen LogP contribution in [0, 0.1) is 11.5 Å². The molecule has 0 fully saturated rings. The van der Waals surface area contributed by atoms with Crippen LogP contribution in [0.2, 0.25) is 0 Å². The standard InChI is InChI=1S/C21H31O2/c1-4-5-6-7-8-9-13-20(22)23-19-12-10-11-17-16-21(2,3)15-14-18(17)19/h10,12H,4-9,13-16H2,1-3H3. The summed E-state index contributed by atoms with van der Waals surface area (Å²) in [6.07, 6.45) is 10.8. The van der Waals surface area contributed by atoms with Crippen molar-refractivity contribution in [1.29, 1.82) is 0 Å².